The summed E-state index contributed by atoms with van der Waals surface area (Å²) in [5, 5.41) is 13.7. The maximum atomic E-state index is 11.7. The lowest BCUT2D eigenvalue weighted by Crippen LogP contribution is -2.24. The van der Waals surface area contributed by atoms with Crippen LogP contribution in [-0.2, 0) is 4.79 Å². The second kappa shape index (κ2) is 8.57. The van der Waals surface area contributed by atoms with Crippen LogP contribution >= 0.6 is 0 Å². The highest BCUT2D eigenvalue weighted by Crippen LogP contribution is 2.22. The Morgan fingerprint density at radius 2 is 2.04 bits per heavy atom. The van der Waals surface area contributed by atoms with Gasteiger partial charge in [-0.1, -0.05) is 18.2 Å². The summed E-state index contributed by atoms with van der Waals surface area (Å²) in [5.41, 5.74) is 3.77. The molecule has 6 nitrogen and oxygen atoms in total. The molecule has 0 aromatic heterocycles. The number of nitrogens with one attached hydrogen (secondary N) is 1. The fourth-order valence-electron chi connectivity index (χ4n) is 1.96. The Morgan fingerprint density at radius 1 is 1.25 bits per heavy atom. The second-order valence-corrected chi connectivity index (χ2v) is 5.00. The molecule has 0 fully saturated rings. The summed E-state index contributed by atoms with van der Waals surface area (Å²) in [5.74, 6) is 0.860. The van der Waals surface area contributed by atoms with Crippen LogP contribution in [0.2, 0.25) is 0 Å². The minimum Gasteiger partial charge on any atom is -0.507 e. The Hall–Kier alpha value is -3.02. The van der Waals surface area contributed by atoms with Gasteiger partial charge in [0, 0.05) is 11.6 Å². The van der Waals surface area contributed by atoms with Crippen molar-refractivity contribution in [2.45, 2.75) is 13.8 Å². The van der Waals surface area contributed by atoms with Gasteiger partial charge in [-0.2, -0.15) is 5.10 Å². The van der Waals surface area contributed by atoms with Gasteiger partial charge in [0.15, 0.2) is 6.61 Å². The number of aromatic hydroxyl groups is 1. The van der Waals surface area contributed by atoms with E-state index >= 15 is 0 Å². The monoisotopic (exact) mass is 328 g/mol. The van der Waals surface area contributed by atoms with E-state index in [1.54, 1.807) is 18.2 Å². The maximum Gasteiger partial charge on any atom is 0.277 e. The predicted octanol–water partition coefficient (Wildman–Crippen LogP) is 2.63. The van der Waals surface area contributed by atoms with E-state index in [1.807, 2.05) is 32.0 Å². The normalized spacial score (nSPS) is 10.6. The van der Waals surface area contributed by atoms with Crippen molar-refractivity contribution in [3.05, 3.63) is 53.6 Å². The first-order valence-electron chi connectivity index (χ1n) is 7.56. The molecule has 0 aliphatic rings. The van der Waals surface area contributed by atoms with Crippen molar-refractivity contribution in [2.24, 2.45) is 5.10 Å². The molecule has 126 valence electrons. The highest BCUT2D eigenvalue weighted by atomic mass is 16.5. The van der Waals surface area contributed by atoms with Crippen molar-refractivity contribution in [1.29, 1.82) is 0 Å². The van der Waals surface area contributed by atoms with E-state index in [0.717, 1.165) is 5.56 Å². The number of carbonyl (C=O) groups is 1. The average molecular weight is 328 g/mol. The number of hydrogen-bond acceptors (Lipinski definition) is 5. The van der Waals surface area contributed by atoms with E-state index in [0.29, 0.717) is 23.7 Å². The average Bonchev–Trinajstić information content (AvgIpc) is 2.56. The number of phenolic OH excluding ortho intramolecular Hbond substituents is 1. The predicted molar refractivity (Wildman–Crippen MR) is 91.7 cm³/mol. The lowest BCUT2D eigenvalue weighted by atomic mass is 10.2. The Morgan fingerprint density at radius 3 is 2.75 bits per heavy atom. The number of nitrogens with zero attached hydrogens (tertiary/aromatic N) is 1. The fourth-order valence-corrected chi connectivity index (χ4v) is 1.96. The number of rotatable bonds is 7. The quantitative estimate of drug-likeness (QED) is 0.605. The van der Waals surface area contributed by atoms with Gasteiger partial charge in [-0.15, -0.1) is 0 Å². The number of hydrogen-bond donors (Lipinski definition) is 2. The summed E-state index contributed by atoms with van der Waals surface area (Å²) in [6, 6.07) is 12.3. The molecule has 0 bridgehead atoms. The van der Waals surface area contributed by atoms with E-state index < -0.39 is 0 Å². The standard InChI is InChI=1S/C18H20N2O4/c1-3-23-15-9-8-14(16(21)10-15)11-19-20-18(22)12-24-17-7-5-4-6-13(17)2/h4-11,21H,3,12H2,1-2H3,(H,20,22)/b19-11+. The summed E-state index contributed by atoms with van der Waals surface area (Å²) in [7, 11) is 0. The first-order valence-corrected chi connectivity index (χ1v) is 7.56. The van der Waals surface area contributed by atoms with Crippen molar-refractivity contribution < 1.29 is 19.4 Å². The molecular weight excluding hydrogens is 308 g/mol. The van der Waals surface area contributed by atoms with Gasteiger partial charge in [0.1, 0.15) is 17.2 Å². The molecule has 0 saturated carbocycles. The van der Waals surface area contributed by atoms with Gasteiger partial charge in [0.05, 0.1) is 12.8 Å². The van der Waals surface area contributed by atoms with Gasteiger partial charge < -0.3 is 14.6 Å². The zero-order valence-electron chi connectivity index (χ0n) is 13.7. The number of para-hydroxylation sites is 1. The first-order chi connectivity index (χ1) is 11.6. The Labute approximate surface area is 140 Å². The number of carbonyl (C=O) groups excluding carboxylic acids is 1. The van der Waals surface area contributed by atoms with Crippen LogP contribution in [0.25, 0.3) is 0 Å². The smallest absolute Gasteiger partial charge is 0.277 e. The van der Waals surface area contributed by atoms with Crippen molar-refractivity contribution in [1.82, 2.24) is 5.43 Å². The zero-order valence-corrected chi connectivity index (χ0v) is 13.7. The lowest BCUT2D eigenvalue weighted by molar-refractivity contribution is -0.123. The molecular formula is C18H20N2O4. The molecule has 2 N–H and O–H groups in total. The van der Waals surface area contributed by atoms with E-state index in [-0.39, 0.29) is 18.3 Å². The third-order valence-corrected chi connectivity index (χ3v) is 3.16. The third kappa shape index (κ3) is 5.01. The second-order valence-electron chi connectivity index (χ2n) is 5.00. The van der Waals surface area contributed by atoms with Crippen LogP contribution < -0.4 is 14.9 Å². The van der Waals surface area contributed by atoms with Crippen LogP contribution in [0.1, 0.15) is 18.1 Å². The molecule has 6 heteroatoms. The minimum atomic E-state index is -0.389. The molecule has 0 radical (unpaired) electrons. The maximum absolute atomic E-state index is 11.7. The van der Waals surface area contributed by atoms with Crippen LogP contribution in [0, 0.1) is 6.92 Å². The van der Waals surface area contributed by atoms with Crippen LogP contribution in [0.5, 0.6) is 17.2 Å². The van der Waals surface area contributed by atoms with Crippen LogP contribution in [-0.4, -0.2) is 30.4 Å². The number of ether oxygens (including phenoxy) is 2. The first kappa shape index (κ1) is 17.3. The molecule has 0 aliphatic heterocycles. The molecule has 0 spiro atoms. The van der Waals surface area contributed by atoms with E-state index in [9.17, 15) is 9.90 Å². The number of hydrazone groups is 1. The van der Waals surface area contributed by atoms with E-state index in [1.165, 1.54) is 12.3 Å². The molecule has 24 heavy (non-hydrogen) atoms. The van der Waals surface area contributed by atoms with Crippen molar-refractivity contribution >= 4 is 12.1 Å². The lowest BCUT2D eigenvalue weighted by Gasteiger charge is -2.07. The molecule has 0 heterocycles. The van der Waals surface area contributed by atoms with Crippen LogP contribution in [0.3, 0.4) is 0 Å². The highest BCUT2D eigenvalue weighted by Gasteiger charge is 2.04. The summed E-state index contributed by atoms with van der Waals surface area (Å²) >= 11 is 0. The minimum absolute atomic E-state index is 0.0232. The van der Waals surface area contributed by atoms with Gasteiger partial charge in [0.25, 0.3) is 5.91 Å². The van der Waals surface area contributed by atoms with E-state index in [2.05, 4.69) is 10.5 Å². The molecule has 2 rings (SSSR count). The van der Waals surface area contributed by atoms with Crippen molar-refractivity contribution in [3.63, 3.8) is 0 Å². The molecule has 0 unspecified atom stereocenters. The Kier molecular flexibility index (Phi) is 6.19. The number of phenols is 1. The van der Waals surface area contributed by atoms with Gasteiger partial charge in [-0.3, -0.25) is 4.79 Å². The molecule has 0 saturated heterocycles. The van der Waals surface area contributed by atoms with Crippen molar-refractivity contribution in [2.75, 3.05) is 13.2 Å². The number of benzene rings is 2. The van der Waals surface area contributed by atoms with Gasteiger partial charge >= 0.3 is 0 Å². The molecule has 0 aliphatic carbocycles. The highest BCUT2D eigenvalue weighted by molar-refractivity contribution is 5.85. The number of aryl methyl sites for hydroxylation is 1. The summed E-state index contributed by atoms with van der Waals surface area (Å²) < 4.78 is 10.7. The molecule has 1 amide bonds. The third-order valence-electron chi connectivity index (χ3n) is 3.16. The zero-order chi connectivity index (χ0) is 17.4. The van der Waals surface area contributed by atoms with E-state index in [4.69, 9.17) is 9.47 Å². The summed E-state index contributed by atoms with van der Waals surface area (Å²) in [6.07, 6.45) is 1.36. The fraction of sp³-hybridized carbons (Fsp3) is 0.222. The molecule has 0 atom stereocenters. The molecule has 2 aromatic rings. The van der Waals surface area contributed by atoms with Gasteiger partial charge in [-0.05, 0) is 37.6 Å². The summed E-state index contributed by atoms with van der Waals surface area (Å²) in [4.78, 5) is 11.7. The Bertz CT molecular complexity index is 729. The van der Waals surface area contributed by atoms with Crippen LogP contribution in [0.4, 0.5) is 0 Å². The topological polar surface area (TPSA) is 80.2 Å². The molecule has 2 aromatic carbocycles. The SMILES string of the molecule is CCOc1ccc(/C=N/NC(=O)COc2ccccc2C)c(O)c1. The van der Waals surface area contributed by atoms with Crippen molar-refractivity contribution in [3.8, 4) is 17.2 Å². The van der Waals surface area contributed by atoms with Crippen LogP contribution in [0.15, 0.2) is 47.6 Å². The van der Waals surface area contributed by atoms with Gasteiger partial charge in [0.2, 0.25) is 0 Å². The largest absolute Gasteiger partial charge is 0.507 e. The number of amides is 1. The summed E-state index contributed by atoms with van der Waals surface area (Å²) in [6.45, 7) is 4.14. The van der Waals surface area contributed by atoms with Gasteiger partial charge in [-0.25, -0.2) is 5.43 Å². The Balaban J connectivity index is 1.85.